The van der Waals surface area contributed by atoms with E-state index < -0.39 is 0 Å². The molecule has 2 aromatic heterocycles. The molecule has 0 spiro atoms. The monoisotopic (exact) mass is 355 g/mol. The fraction of sp³-hybridized carbons (Fsp3) is 0.182. The predicted molar refractivity (Wildman–Crippen MR) is 108 cm³/mol. The summed E-state index contributed by atoms with van der Waals surface area (Å²) in [5.74, 6) is 1.65. The van der Waals surface area contributed by atoms with Crippen molar-refractivity contribution in [1.82, 2.24) is 19.9 Å². The topological polar surface area (TPSA) is 54.8 Å². The van der Waals surface area contributed by atoms with Gasteiger partial charge in [0.15, 0.2) is 0 Å². The van der Waals surface area contributed by atoms with Crippen LogP contribution >= 0.6 is 0 Å². The van der Waals surface area contributed by atoms with E-state index in [-0.39, 0.29) is 0 Å². The lowest BCUT2D eigenvalue weighted by Crippen LogP contribution is -2.11. The van der Waals surface area contributed by atoms with Gasteiger partial charge in [0, 0.05) is 36.3 Å². The Kier molecular flexibility index (Phi) is 3.87. The smallest absolute Gasteiger partial charge is 0.236 e. The molecule has 0 amide bonds. The molecule has 2 aromatic carbocycles. The molecule has 1 aliphatic rings. The van der Waals surface area contributed by atoms with E-state index >= 15 is 0 Å². The molecule has 5 nitrogen and oxygen atoms in total. The number of hydrogen-bond donors (Lipinski definition) is 2. The minimum absolute atomic E-state index is 0.728. The number of aryl methyl sites for hydroxylation is 1. The van der Waals surface area contributed by atoms with Crippen LogP contribution in [0.15, 0.2) is 60.7 Å². The Labute approximate surface area is 158 Å². The third-order valence-electron chi connectivity index (χ3n) is 5.07. The van der Waals surface area contributed by atoms with Gasteiger partial charge in [-0.25, -0.2) is 4.98 Å². The van der Waals surface area contributed by atoms with Crippen molar-refractivity contribution < 1.29 is 0 Å². The van der Waals surface area contributed by atoms with Gasteiger partial charge in [-0.2, -0.15) is 4.98 Å². The molecule has 0 radical (unpaired) electrons. The van der Waals surface area contributed by atoms with E-state index in [4.69, 9.17) is 9.97 Å². The summed E-state index contributed by atoms with van der Waals surface area (Å²) in [6.45, 7) is 4.43. The van der Waals surface area contributed by atoms with Crippen LogP contribution in [0.4, 0.5) is 5.82 Å². The lowest BCUT2D eigenvalue weighted by atomic mass is 10.2. The Morgan fingerprint density at radius 1 is 1.00 bits per heavy atom. The van der Waals surface area contributed by atoms with Gasteiger partial charge in [-0.05, 0) is 24.6 Å². The third-order valence-corrected chi connectivity index (χ3v) is 5.07. The van der Waals surface area contributed by atoms with Crippen molar-refractivity contribution in [3.63, 3.8) is 0 Å². The molecule has 0 saturated heterocycles. The molecule has 0 aliphatic carbocycles. The number of nitrogens with zero attached hydrogens (tertiary/aromatic N) is 3. The van der Waals surface area contributed by atoms with Crippen LogP contribution in [0.25, 0.3) is 16.9 Å². The Hall–Kier alpha value is -3.18. The summed E-state index contributed by atoms with van der Waals surface area (Å²) in [6.07, 6.45) is 0. The van der Waals surface area contributed by atoms with Gasteiger partial charge in [0.25, 0.3) is 0 Å². The summed E-state index contributed by atoms with van der Waals surface area (Å²) < 4.78 is 2.14. The van der Waals surface area contributed by atoms with Crippen LogP contribution in [-0.2, 0) is 19.6 Å². The summed E-state index contributed by atoms with van der Waals surface area (Å²) in [7, 11) is 0. The van der Waals surface area contributed by atoms with Gasteiger partial charge in [-0.3, -0.25) is 4.57 Å². The van der Waals surface area contributed by atoms with Gasteiger partial charge in [0.05, 0.1) is 11.2 Å². The molecule has 1 aliphatic heterocycles. The van der Waals surface area contributed by atoms with Crippen molar-refractivity contribution >= 4 is 16.7 Å². The average Bonchev–Trinajstić information content (AvgIpc) is 3.30. The molecular formula is C22H21N5. The summed E-state index contributed by atoms with van der Waals surface area (Å²) in [4.78, 5) is 9.79. The highest BCUT2D eigenvalue weighted by atomic mass is 15.2. The molecule has 5 rings (SSSR count). The number of para-hydroxylation sites is 1. The quantitative estimate of drug-likeness (QED) is 0.582. The summed E-state index contributed by atoms with van der Waals surface area (Å²) in [6, 6.07) is 20.9. The number of rotatable bonds is 4. The molecule has 0 atom stereocenters. The first kappa shape index (κ1) is 16.0. The molecule has 0 saturated carbocycles. The molecule has 0 unspecified atom stereocenters. The van der Waals surface area contributed by atoms with Crippen molar-refractivity contribution in [2.45, 2.75) is 26.6 Å². The van der Waals surface area contributed by atoms with Crippen LogP contribution < -0.4 is 10.6 Å². The van der Waals surface area contributed by atoms with Crippen LogP contribution in [0.5, 0.6) is 0 Å². The van der Waals surface area contributed by atoms with Crippen molar-refractivity contribution in [1.29, 1.82) is 0 Å². The molecule has 27 heavy (non-hydrogen) atoms. The van der Waals surface area contributed by atoms with E-state index in [1.54, 1.807) is 0 Å². The van der Waals surface area contributed by atoms with E-state index in [0.717, 1.165) is 48.3 Å². The van der Waals surface area contributed by atoms with Crippen LogP contribution in [0.3, 0.4) is 0 Å². The normalized spacial score (nSPS) is 13.1. The van der Waals surface area contributed by atoms with Gasteiger partial charge in [-0.1, -0.05) is 48.5 Å². The standard InChI is InChI=1S/C22H21N5/c1-15-11-17-9-5-6-10-20(17)27(15)22-25-19-14-23-13-18(19)21(26-22)24-12-16-7-3-2-4-8-16/h2-11,23H,12-14H2,1H3,(H,24,25,26). The summed E-state index contributed by atoms with van der Waals surface area (Å²) in [5, 5.41) is 8.13. The molecule has 2 N–H and O–H groups in total. The summed E-state index contributed by atoms with van der Waals surface area (Å²) >= 11 is 0. The second-order valence-electron chi connectivity index (χ2n) is 6.92. The van der Waals surface area contributed by atoms with Crippen LogP contribution in [-0.4, -0.2) is 14.5 Å². The van der Waals surface area contributed by atoms with E-state index in [2.05, 4.69) is 76.7 Å². The zero-order valence-corrected chi connectivity index (χ0v) is 15.2. The van der Waals surface area contributed by atoms with Crippen LogP contribution in [0, 0.1) is 6.92 Å². The Balaban J connectivity index is 1.58. The molecule has 0 fully saturated rings. The first-order chi connectivity index (χ1) is 13.3. The van der Waals surface area contributed by atoms with E-state index in [9.17, 15) is 0 Å². The van der Waals surface area contributed by atoms with Crippen molar-refractivity contribution in [3.8, 4) is 5.95 Å². The largest absolute Gasteiger partial charge is 0.366 e. The fourth-order valence-electron chi connectivity index (χ4n) is 3.74. The highest BCUT2D eigenvalue weighted by Gasteiger charge is 2.21. The van der Waals surface area contributed by atoms with Gasteiger partial charge in [0.2, 0.25) is 5.95 Å². The molecule has 4 aromatic rings. The third kappa shape index (κ3) is 2.86. The number of benzene rings is 2. The molecule has 3 heterocycles. The van der Waals surface area contributed by atoms with Crippen molar-refractivity contribution in [2.24, 2.45) is 0 Å². The Morgan fingerprint density at radius 2 is 1.81 bits per heavy atom. The van der Waals surface area contributed by atoms with E-state index in [0.29, 0.717) is 0 Å². The minimum atomic E-state index is 0.728. The lowest BCUT2D eigenvalue weighted by Gasteiger charge is -2.14. The molecule has 0 bridgehead atoms. The van der Waals surface area contributed by atoms with E-state index in [1.807, 2.05) is 6.07 Å². The van der Waals surface area contributed by atoms with Crippen molar-refractivity contribution in [3.05, 3.63) is 83.2 Å². The zero-order chi connectivity index (χ0) is 18.2. The maximum absolute atomic E-state index is 4.91. The number of nitrogens with one attached hydrogen (secondary N) is 2. The van der Waals surface area contributed by atoms with Crippen LogP contribution in [0.2, 0.25) is 0 Å². The molecule has 5 heteroatoms. The SMILES string of the molecule is Cc1cc2ccccc2n1-c1nc2c(c(NCc3ccccc3)n1)CNC2. The maximum atomic E-state index is 4.91. The summed E-state index contributed by atoms with van der Waals surface area (Å²) in [5.41, 5.74) is 5.75. The highest BCUT2D eigenvalue weighted by molar-refractivity contribution is 5.82. The van der Waals surface area contributed by atoms with Gasteiger partial charge in [-0.15, -0.1) is 0 Å². The Bertz CT molecular complexity index is 1110. The zero-order valence-electron chi connectivity index (χ0n) is 15.2. The van der Waals surface area contributed by atoms with Crippen LogP contribution in [0.1, 0.15) is 22.5 Å². The van der Waals surface area contributed by atoms with Gasteiger partial charge >= 0.3 is 0 Å². The van der Waals surface area contributed by atoms with E-state index in [1.165, 1.54) is 16.5 Å². The van der Waals surface area contributed by atoms with Gasteiger partial charge < -0.3 is 10.6 Å². The molecule has 134 valence electrons. The lowest BCUT2D eigenvalue weighted by molar-refractivity contribution is 0.756. The second-order valence-corrected chi connectivity index (χ2v) is 6.92. The second kappa shape index (κ2) is 6.52. The minimum Gasteiger partial charge on any atom is -0.366 e. The number of fused-ring (bicyclic) bond motifs is 2. The fourth-order valence-corrected chi connectivity index (χ4v) is 3.74. The maximum Gasteiger partial charge on any atom is 0.236 e. The average molecular weight is 355 g/mol. The molecular weight excluding hydrogens is 334 g/mol. The highest BCUT2D eigenvalue weighted by Crippen LogP contribution is 2.27. The number of aromatic nitrogens is 3. The Morgan fingerprint density at radius 3 is 2.70 bits per heavy atom. The van der Waals surface area contributed by atoms with Gasteiger partial charge in [0.1, 0.15) is 5.82 Å². The first-order valence-corrected chi connectivity index (χ1v) is 9.25. The first-order valence-electron chi connectivity index (χ1n) is 9.25. The predicted octanol–water partition coefficient (Wildman–Crippen LogP) is 3.94. The number of anilines is 1. The number of hydrogen-bond acceptors (Lipinski definition) is 4. The van der Waals surface area contributed by atoms with Crippen molar-refractivity contribution in [2.75, 3.05) is 5.32 Å².